The molecule has 1 aliphatic carbocycles. The molecule has 1 aliphatic rings. The summed E-state index contributed by atoms with van der Waals surface area (Å²) in [5.41, 5.74) is 0.710. The molecule has 1 heterocycles. The number of halogens is 2. The molecule has 1 aromatic heterocycles. The van der Waals surface area contributed by atoms with Crippen molar-refractivity contribution in [2.75, 3.05) is 0 Å². The average molecular weight is 272 g/mol. The highest BCUT2D eigenvalue weighted by atomic mass is 35.7. The highest BCUT2D eigenvalue weighted by Crippen LogP contribution is 2.48. The van der Waals surface area contributed by atoms with Crippen LogP contribution in [0.2, 0.25) is 4.47 Å². The third-order valence-corrected chi connectivity index (χ3v) is 5.95. The third-order valence-electron chi connectivity index (χ3n) is 2.35. The molecule has 0 amide bonds. The Hall–Kier alpha value is 0.160. The van der Waals surface area contributed by atoms with E-state index < -0.39 is 13.8 Å². The van der Waals surface area contributed by atoms with Crippen LogP contribution >= 0.6 is 33.6 Å². The lowest BCUT2D eigenvalue weighted by atomic mass is 10.2. The van der Waals surface area contributed by atoms with Gasteiger partial charge in [0.1, 0.15) is 0 Å². The van der Waals surface area contributed by atoms with Gasteiger partial charge in [-0.15, -0.1) is 11.3 Å². The summed E-state index contributed by atoms with van der Waals surface area (Å²) < 4.78 is 22.1. The zero-order valence-electron chi connectivity index (χ0n) is 7.03. The standard InChI is InChI=1S/C7H7Cl2NO2S2/c8-6-10-5(4-13-6)3-7(1-2-7)14(9,11)12/h4H,1-3H2. The first-order valence-electron chi connectivity index (χ1n) is 3.97. The largest absolute Gasteiger partial charge is 0.238 e. The van der Waals surface area contributed by atoms with Crippen LogP contribution in [0.3, 0.4) is 0 Å². The quantitative estimate of drug-likeness (QED) is 0.794. The van der Waals surface area contributed by atoms with Crippen molar-refractivity contribution in [3.05, 3.63) is 15.5 Å². The van der Waals surface area contributed by atoms with Gasteiger partial charge in [-0.1, -0.05) is 11.6 Å². The Morgan fingerprint density at radius 2 is 2.21 bits per heavy atom. The van der Waals surface area contributed by atoms with Gasteiger partial charge in [-0.3, -0.25) is 0 Å². The number of nitrogens with zero attached hydrogens (tertiary/aromatic N) is 1. The van der Waals surface area contributed by atoms with Crippen molar-refractivity contribution in [3.63, 3.8) is 0 Å². The minimum absolute atomic E-state index is 0.377. The van der Waals surface area contributed by atoms with Gasteiger partial charge in [0.05, 0.1) is 10.4 Å². The minimum Gasteiger partial charge on any atom is -0.230 e. The number of rotatable bonds is 3. The number of thiazole rings is 1. The Morgan fingerprint density at radius 1 is 1.57 bits per heavy atom. The summed E-state index contributed by atoms with van der Waals surface area (Å²) in [7, 11) is 1.87. The van der Waals surface area contributed by atoms with E-state index in [1.807, 2.05) is 0 Å². The van der Waals surface area contributed by atoms with Crippen molar-refractivity contribution >= 4 is 42.7 Å². The summed E-state index contributed by atoms with van der Waals surface area (Å²) in [4.78, 5) is 4.01. The molecule has 0 aliphatic heterocycles. The second kappa shape index (κ2) is 3.33. The van der Waals surface area contributed by atoms with Gasteiger partial charge in [-0.05, 0) is 12.8 Å². The molecule has 2 rings (SSSR count). The van der Waals surface area contributed by atoms with Gasteiger partial charge >= 0.3 is 0 Å². The fourth-order valence-corrected chi connectivity index (χ4v) is 3.66. The highest BCUT2D eigenvalue weighted by molar-refractivity contribution is 8.15. The van der Waals surface area contributed by atoms with Crippen LogP contribution in [0.25, 0.3) is 0 Å². The van der Waals surface area contributed by atoms with Crippen molar-refractivity contribution in [3.8, 4) is 0 Å². The van der Waals surface area contributed by atoms with E-state index >= 15 is 0 Å². The lowest BCUT2D eigenvalue weighted by molar-refractivity contribution is 0.589. The highest BCUT2D eigenvalue weighted by Gasteiger charge is 2.54. The van der Waals surface area contributed by atoms with Crippen molar-refractivity contribution in [2.24, 2.45) is 0 Å². The third kappa shape index (κ3) is 1.91. The molecule has 0 aromatic carbocycles. The molecule has 3 nitrogen and oxygen atoms in total. The second-order valence-electron chi connectivity index (χ2n) is 3.39. The molecule has 1 fully saturated rings. The molecule has 1 saturated carbocycles. The van der Waals surface area contributed by atoms with E-state index in [0.29, 0.717) is 29.4 Å². The van der Waals surface area contributed by atoms with E-state index in [1.165, 1.54) is 11.3 Å². The molecule has 0 unspecified atom stereocenters. The summed E-state index contributed by atoms with van der Waals surface area (Å²) in [6, 6.07) is 0. The zero-order valence-corrected chi connectivity index (χ0v) is 10.2. The fraction of sp³-hybridized carbons (Fsp3) is 0.571. The van der Waals surface area contributed by atoms with Gasteiger partial charge in [-0.25, -0.2) is 13.4 Å². The lowest BCUT2D eigenvalue weighted by Crippen LogP contribution is -2.20. The Labute approximate surface area is 95.5 Å². The van der Waals surface area contributed by atoms with Crippen molar-refractivity contribution < 1.29 is 8.42 Å². The Bertz CT molecular complexity index is 450. The molecule has 14 heavy (non-hydrogen) atoms. The van der Waals surface area contributed by atoms with Crippen molar-refractivity contribution in [1.29, 1.82) is 0 Å². The first-order valence-corrected chi connectivity index (χ1v) is 7.54. The van der Waals surface area contributed by atoms with Gasteiger partial charge in [0.15, 0.2) is 4.47 Å². The average Bonchev–Trinajstić information content (AvgIpc) is 2.71. The maximum atomic E-state index is 11.2. The van der Waals surface area contributed by atoms with Gasteiger partial charge in [0, 0.05) is 22.5 Å². The van der Waals surface area contributed by atoms with Crippen molar-refractivity contribution in [1.82, 2.24) is 4.98 Å². The van der Waals surface area contributed by atoms with Crippen molar-refractivity contribution in [2.45, 2.75) is 24.0 Å². The first-order chi connectivity index (χ1) is 6.43. The van der Waals surface area contributed by atoms with E-state index in [0.717, 1.165) is 0 Å². The monoisotopic (exact) mass is 271 g/mol. The van der Waals surface area contributed by atoms with E-state index in [1.54, 1.807) is 5.38 Å². The van der Waals surface area contributed by atoms with Crippen LogP contribution in [-0.4, -0.2) is 18.1 Å². The molecule has 0 spiro atoms. The minimum atomic E-state index is -3.49. The van der Waals surface area contributed by atoms with Crippen LogP contribution in [0.5, 0.6) is 0 Å². The van der Waals surface area contributed by atoms with Crippen LogP contribution in [0.1, 0.15) is 18.5 Å². The van der Waals surface area contributed by atoms with Crippen LogP contribution in [0.4, 0.5) is 0 Å². The van der Waals surface area contributed by atoms with Crippen LogP contribution in [0.15, 0.2) is 5.38 Å². The molecule has 0 radical (unpaired) electrons. The van der Waals surface area contributed by atoms with Crippen LogP contribution < -0.4 is 0 Å². The summed E-state index contributed by atoms with van der Waals surface area (Å²) in [5, 5.41) is 1.77. The second-order valence-corrected chi connectivity index (χ2v) is 7.79. The van der Waals surface area contributed by atoms with E-state index in [9.17, 15) is 8.42 Å². The summed E-state index contributed by atoms with van der Waals surface area (Å²) in [6.07, 6.45) is 1.62. The molecule has 0 atom stereocenters. The number of aromatic nitrogens is 1. The first kappa shape index (κ1) is 10.7. The normalized spacial score (nSPS) is 19.6. The molecular weight excluding hydrogens is 265 g/mol. The molecule has 7 heteroatoms. The van der Waals surface area contributed by atoms with Gasteiger partial charge < -0.3 is 0 Å². The van der Waals surface area contributed by atoms with E-state index in [2.05, 4.69) is 4.98 Å². The summed E-state index contributed by atoms with van der Waals surface area (Å²) in [6.45, 7) is 0. The maximum Gasteiger partial charge on any atom is 0.238 e. The summed E-state index contributed by atoms with van der Waals surface area (Å²) in [5.74, 6) is 0. The van der Waals surface area contributed by atoms with Gasteiger partial charge in [0.2, 0.25) is 9.05 Å². The zero-order chi connectivity index (χ0) is 10.4. The van der Waals surface area contributed by atoms with E-state index in [4.69, 9.17) is 22.3 Å². The molecule has 0 saturated heterocycles. The predicted molar refractivity (Wildman–Crippen MR) is 57.6 cm³/mol. The maximum absolute atomic E-state index is 11.2. The Morgan fingerprint density at radius 3 is 2.57 bits per heavy atom. The Balaban J connectivity index is 2.20. The molecule has 0 bridgehead atoms. The SMILES string of the molecule is O=S(=O)(Cl)C1(Cc2csc(Cl)n2)CC1. The smallest absolute Gasteiger partial charge is 0.230 e. The van der Waals surface area contributed by atoms with Gasteiger partial charge in [-0.2, -0.15) is 0 Å². The lowest BCUT2D eigenvalue weighted by Gasteiger charge is -2.07. The molecule has 78 valence electrons. The summed E-state index contributed by atoms with van der Waals surface area (Å²) >= 11 is 6.95. The Kier molecular flexibility index (Phi) is 2.54. The molecule has 1 aromatic rings. The predicted octanol–water partition coefficient (Wildman–Crippen LogP) is 2.44. The molecule has 0 N–H and O–H groups in total. The van der Waals surface area contributed by atoms with Crippen LogP contribution in [-0.2, 0) is 15.5 Å². The van der Waals surface area contributed by atoms with E-state index in [-0.39, 0.29) is 0 Å². The topological polar surface area (TPSA) is 47.0 Å². The fourth-order valence-electron chi connectivity index (χ4n) is 1.34. The van der Waals surface area contributed by atoms with Crippen LogP contribution in [0, 0.1) is 0 Å². The number of hydrogen-bond acceptors (Lipinski definition) is 4. The number of hydrogen-bond donors (Lipinski definition) is 0. The molecular formula is C7H7Cl2NO2S2. The van der Waals surface area contributed by atoms with Gasteiger partial charge in [0.25, 0.3) is 0 Å².